The summed E-state index contributed by atoms with van der Waals surface area (Å²) in [4.78, 5) is 32.6. The van der Waals surface area contributed by atoms with Crippen LogP contribution in [0.25, 0.3) is 5.76 Å². The summed E-state index contributed by atoms with van der Waals surface area (Å²) in [5, 5.41) is 11.4. The largest absolute Gasteiger partial charge is 0.507 e. The van der Waals surface area contributed by atoms with Crippen LogP contribution in [0.15, 0.2) is 54.1 Å². The van der Waals surface area contributed by atoms with Gasteiger partial charge in [0.2, 0.25) is 0 Å². The van der Waals surface area contributed by atoms with E-state index in [-0.39, 0.29) is 22.0 Å². The Balaban J connectivity index is 1.91. The third kappa shape index (κ3) is 3.67. The number of rotatable bonds is 5. The van der Waals surface area contributed by atoms with Crippen LogP contribution in [0.3, 0.4) is 0 Å². The van der Waals surface area contributed by atoms with Gasteiger partial charge in [0, 0.05) is 16.0 Å². The van der Waals surface area contributed by atoms with Gasteiger partial charge in [0.1, 0.15) is 23.4 Å². The minimum Gasteiger partial charge on any atom is -0.507 e. The zero-order valence-corrected chi connectivity index (χ0v) is 18.6. The van der Waals surface area contributed by atoms with Crippen molar-refractivity contribution in [1.29, 1.82) is 0 Å². The van der Waals surface area contributed by atoms with Crippen LogP contribution in [0, 0.1) is 19.7 Å². The van der Waals surface area contributed by atoms with Gasteiger partial charge in [0.25, 0.3) is 5.78 Å². The van der Waals surface area contributed by atoms with Crippen molar-refractivity contribution in [3.63, 3.8) is 0 Å². The summed E-state index contributed by atoms with van der Waals surface area (Å²) in [5.41, 5.74) is 0.949. The fraction of sp³-hybridized carbons (Fsp3) is 0.208. The molecule has 1 aromatic heterocycles. The van der Waals surface area contributed by atoms with E-state index in [2.05, 4.69) is 4.98 Å². The number of carbonyl (C=O) groups is 2. The Bertz CT molecular complexity index is 1210. The number of carbonyl (C=O) groups excluding carboxylic acids is 2. The van der Waals surface area contributed by atoms with Gasteiger partial charge in [-0.1, -0.05) is 18.2 Å². The topological polar surface area (TPSA) is 79.7 Å². The van der Waals surface area contributed by atoms with Gasteiger partial charge >= 0.3 is 5.91 Å². The van der Waals surface area contributed by atoms with Crippen LogP contribution in [0.4, 0.5) is 9.52 Å². The molecule has 32 heavy (non-hydrogen) atoms. The zero-order valence-electron chi connectivity index (χ0n) is 17.8. The van der Waals surface area contributed by atoms with E-state index < -0.39 is 23.5 Å². The van der Waals surface area contributed by atoms with E-state index in [1.165, 1.54) is 34.4 Å². The third-order valence-corrected chi connectivity index (χ3v) is 6.38. The number of Topliss-reactive ketones (excluding diaryl/α,β-unsaturated/α-hetero) is 1. The van der Waals surface area contributed by atoms with Crippen LogP contribution in [0.5, 0.6) is 5.75 Å². The molecular formula is C24H21FN2O4S. The molecule has 1 fully saturated rings. The number of hydrogen-bond donors (Lipinski definition) is 1. The van der Waals surface area contributed by atoms with Crippen molar-refractivity contribution >= 4 is 33.9 Å². The number of anilines is 1. The molecule has 0 spiro atoms. The molecule has 6 nitrogen and oxygen atoms in total. The smallest absolute Gasteiger partial charge is 0.301 e. The van der Waals surface area contributed by atoms with Gasteiger partial charge in [-0.15, -0.1) is 11.3 Å². The number of amides is 1. The van der Waals surface area contributed by atoms with E-state index in [1.807, 2.05) is 13.8 Å². The summed E-state index contributed by atoms with van der Waals surface area (Å²) in [6.07, 6.45) is 0. The summed E-state index contributed by atoms with van der Waals surface area (Å²) >= 11 is 1.24. The molecule has 2 aromatic carbocycles. The van der Waals surface area contributed by atoms with Crippen molar-refractivity contribution < 1.29 is 23.8 Å². The maximum Gasteiger partial charge on any atom is 0.301 e. The van der Waals surface area contributed by atoms with Crippen LogP contribution in [0.2, 0.25) is 0 Å². The average molecular weight is 453 g/mol. The molecule has 0 aliphatic carbocycles. The fourth-order valence-corrected chi connectivity index (χ4v) is 4.55. The quantitative estimate of drug-likeness (QED) is 0.338. The first-order valence-electron chi connectivity index (χ1n) is 10.1. The van der Waals surface area contributed by atoms with Gasteiger partial charge in [-0.05, 0) is 51.1 Å². The Morgan fingerprint density at radius 3 is 2.44 bits per heavy atom. The average Bonchev–Trinajstić information content (AvgIpc) is 3.24. The summed E-state index contributed by atoms with van der Waals surface area (Å²) in [5.74, 6) is -2.13. The maximum atomic E-state index is 14.9. The number of aryl methyl sites for hydroxylation is 2. The molecule has 0 bridgehead atoms. The molecule has 1 aliphatic rings. The lowest BCUT2D eigenvalue weighted by Crippen LogP contribution is -2.29. The molecule has 4 rings (SSSR count). The Morgan fingerprint density at radius 1 is 1.16 bits per heavy atom. The highest BCUT2D eigenvalue weighted by Gasteiger charge is 2.49. The van der Waals surface area contributed by atoms with Crippen molar-refractivity contribution in [2.75, 3.05) is 11.5 Å². The van der Waals surface area contributed by atoms with Gasteiger partial charge < -0.3 is 9.84 Å². The molecule has 2 heterocycles. The number of ketones is 1. The highest BCUT2D eigenvalue weighted by Crippen LogP contribution is 2.44. The van der Waals surface area contributed by atoms with Crippen molar-refractivity contribution in [2.24, 2.45) is 0 Å². The predicted octanol–water partition coefficient (Wildman–Crippen LogP) is 4.92. The Kier molecular flexibility index (Phi) is 5.80. The highest BCUT2D eigenvalue weighted by molar-refractivity contribution is 7.16. The first-order valence-corrected chi connectivity index (χ1v) is 10.9. The molecule has 1 atom stereocenters. The lowest BCUT2D eigenvalue weighted by molar-refractivity contribution is -0.132. The minimum absolute atomic E-state index is 0.102. The zero-order chi connectivity index (χ0) is 23.0. The number of halogens is 1. The second-order valence-corrected chi connectivity index (χ2v) is 8.47. The SMILES string of the molecule is CCOc1ccc(/C(O)=C2\C(=O)C(=O)N(c3nc(C)c(C)s3)[C@H]2c2ccccc2F)cc1. The van der Waals surface area contributed by atoms with Crippen molar-refractivity contribution in [1.82, 2.24) is 4.98 Å². The van der Waals surface area contributed by atoms with E-state index in [9.17, 15) is 19.1 Å². The minimum atomic E-state index is -1.15. The van der Waals surface area contributed by atoms with Gasteiger partial charge in [0.05, 0.1) is 17.9 Å². The third-order valence-electron chi connectivity index (χ3n) is 5.31. The number of aliphatic hydroxyl groups is 1. The summed E-state index contributed by atoms with van der Waals surface area (Å²) in [6.45, 7) is 5.98. The lowest BCUT2D eigenvalue weighted by Gasteiger charge is -2.23. The number of ether oxygens (including phenoxy) is 1. The first-order chi connectivity index (χ1) is 15.3. The molecule has 164 valence electrons. The predicted molar refractivity (Wildman–Crippen MR) is 120 cm³/mol. The first kappa shape index (κ1) is 21.7. The molecule has 1 saturated heterocycles. The fourth-order valence-electron chi connectivity index (χ4n) is 3.61. The van der Waals surface area contributed by atoms with Crippen LogP contribution < -0.4 is 9.64 Å². The standard InChI is InChI=1S/C24H21FN2O4S/c1-4-31-16-11-9-15(10-12-16)21(28)19-20(17-7-5-6-8-18(17)25)27(23(30)22(19)29)24-26-13(2)14(3)32-24/h5-12,20,28H,4H2,1-3H3/b21-19+/t20-/m0/s1. The van der Waals surface area contributed by atoms with Crippen LogP contribution in [0.1, 0.15) is 34.7 Å². The van der Waals surface area contributed by atoms with Gasteiger partial charge in [-0.2, -0.15) is 0 Å². The Hall–Kier alpha value is -3.52. The van der Waals surface area contributed by atoms with Crippen molar-refractivity contribution in [3.8, 4) is 5.75 Å². The van der Waals surface area contributed by atoms with E-state index in [4.69, 9.17) is 4.74 Å². The Labute approximate surface area is 188 Å². The van der Waals surface area contributed by atoms with Gasteiger partial charge in [-0.3, -0.25) is 14.5 Å². The molecule has 0 saturated carbocycles. The van der Waals surface area contributed by atoms with E-state index in [0.717, 1.165) is 4.88 Å². The monoisotopic (exact) mass is 452 g/mol. The second kappa shape index (κ2) is 8.55. The molecule has 3 aromatic rings. The summed E-state index contributed by atoms with van der Waals surface area (Å²) < 4.78 is 20.3. The summed E-state index contributed by atoms with van der Waals surface area (Å²) in [6, 6.07) is 11.2. The second-order valence-electron chi connectivity index (χ2n) is 7.29. The number of nitrogens with zero attached hydrogens (tertiary/aromatic N) is 2. The molecule has 0 radical (unpaired) electrons. The number of benzene rings is 2. The van der Waals surface area contributed by atoms with Crippen molar-refractivity contribution in [2.45, 2.75) is 26.8 Å². The molecule has 1 N–H and O–H groups in total. The number of aromatic nitrogens is 1. The van der Waals surface area contributed by atoms with Crippen molar-refractivity contribution in [3.05, 3.63) is 81.6 Å². The van der Waals surface area contributed by atoms with E-state index in [0.29, 0.717) is 23.6 Å². The van der Waals surface area contributed by atoms with Crippen LogP contribution in [-0.4, -0.2) is 28.4 Å². The Morgan fingerprint density at radius 2 is 1.84 bits per heavy atom. The molecule has 0 unspecified atom stereocenters. The normalized spacial score (nSPS) is 17.8. The van der Waals surface area contributed by atoms with Crippen LogP contribution >= 0.6 is 11.3 Å². The molecule has 8 heteroatoms. The highest BCUT2D eigenvalue weighted by atomic mass is 32.1. The van der Waals surface area contributed by atoms with Crippen LogP contribution in [-0.2, 0) is 9.59 Å². The lowest BCUT2D eigenvalue weighted by atomic mass is 9.95. The molecule has 1 amide bonds. The van der Waals surface area contributed by atoms with Gasteiger partial charge in [0.15, 0.2) is 5.13 Å². The number of hydrogen-bond acceptors (Lipinski definition) is 6. The summed E-state index contributed by atoms with van der Waals surface area (Å²) in [7, 11) is 0. The van der Waals surface area contributed by atoms with E-state index >= 15 is 0 Å². The molecule has 1 aliphatic heterocycles. The maximum absolute atomic E-state index is 14.9. The van der Waals surface area contributed by atoms with E-state index in [1.54, 1.807) is 37.3 Å². The number of thiazole rings is 1. The molecular weight excluding hydrogens is 431 g/mol. The number of aliphatic hydroxyl groups excluding tert-OH is 1. The van der Waals surface area contributed by atoms with Gasteiger partial charge in [-0.25, -0.2) is 9.37 Å².